The van der Waals surface area contributed by atoms with Crippen molar-refractivity contribution in [3.8, 4) is 0 Å². The molecule has 1 N–H and O–H groups in total. The molecule has 0 atom stereocenters. The summed E-state index contributed by atoms with van der Waals surface area (Å²) < 4.78 is 4.61. The Morgan fingerprint density at radius 2 is 1.69 bits per heavy atom. The van der Waals surface area contributed by atoms with Gasteiger partial charge in [0.15, 0.2) is 0 Å². The summed E-state index contributed by atoms with van der Waals surface area (Å²) >= 11 is 11.8. The van der Waals surface area contributed by atoms with Crippen molar-refractivity contribution in [2.45, 2.75) is 6.92 Å². The third-order valence-corrected chi connectivity index (χ3v) is 4.23. The van der Waals surface area contributed by atoms with E-state index in [1.165, 1.54) is 37.1 Å². The summed E-state index contributed by atoms with van der Waals surface area (Å²) in [4.78, 5) is 36.9. The number of esters is 1. The summed E-state index contributed by atoms with van der Waals surface area (Å²) in [6.07, 6.45) is 0. The normalized spacial score (nSPS) is 10.2. The number of methoxy groups -OCH3 is 1. The van der Waals surface area contributed by atoms with Crippen LogP contribution in [0.4, 0.5) is 11.4 Å². The van der Waals surface area contributed by atoms with Crippen molar-refractivity contribution in [2.75, 3.05) is 23.9 Å². The topological polar surface area (TPSA) is 75.7 Å². The first-order valence-electron chi connectivity index (χ1n) is 7.53. The molecule has 0 aromatic heterocycles. The molecule has 0 aliphatic carbocycles. The van der Waals surface area contributed by atoms with Crippen LogP contribution in [-0.2, 0) is 14.3 Å². The van der Waals surface area contributed by atoms with E-state index < -0.39 is 11.9 Å². The van der Waals surface area contributed by atoms with E-state index in [1.807, 2.05) is 0 Å². The van der Waals surface area contributed by atoms with Crippen molar-refractivity contribution in [1.82, 2.24) is 0 Å². The first kappa shape index (κ1) is 19.8. The van der Waals surface area contributed by atoms with Crippen molar-refractivity contribution in [3.05, 3.63) is 58.1 Å². The number of halogens is 2. The smallest absolute Gasteiger partial charge is 0.337 e. The second kappa shape index (κ2) is 8.69. The molecule has 2 aromatic carbocycles. The summed E-state index contributed by atoms with van der Waals surface area (Å²) in [5.41, 5.74) is 1.31. The Morgan fingerprint density at radius 3 is 2.23 bits per heavy atom. The number of amides is 2. The number of nitrogens with one attached hydrogen (secondary N) is 1. The maximum absolute atomic E-state index is 12.3. The summed E-state index contributed by atoms with van der Waals surface area (Å²) in [7, 11) is 1.29. The van der Waals surface area contributed by atoms with Crippen molar-refractivity contribution < 1.29 is 19.1 Å². The quantitative estimate of drug-likeness (QED) is 0.782. The molecule has 2 aromatic rings. The first-order chi connectivity index (χ1) is 12.3. The highest BCUT2D eigenvalue weighted by atomic mass is 35.5. The lowest BCUT2D eigenvalue weighted by atomic mass is 10.2. The Hall–Kier alpha value is -2.57. The van der Waals surface area contributed by atoms with Crippen molar-refractivity contribution in [2.24, 2.45) is 0 Å². The van der Waals surface area contributed by atoms with Crippen LogP contribution < -0.4 is 10.2 Å². The van der Waals surface area contributed by atoms with Gasteiger partial charge in [-0.15, -0.1) is 0 Å². The lowest BCUT2D eigenvalue weighted by molar-refractivity contribution is -0.120. The number of nitrogens with zero attached hydrogens (tertiary/aromatic N) is 1. The minimum Gasteiger partial charge on any atom is -0.465 e. The molecular formula is C18H16Cl2N2O4. The molecule has 0 aliphatic rings. The molecule has 0 saturated carbocycles. The zero-order valence-electron chi connectivity index (χ0n) is 14.1. The standard InChI is InChI=1S/C18H16Cl2N2O4/c1-11(23)22(14-7-8-15(19)16(20)9-14)10-17(24)21-13-5-3-12(4-6-13)18(25)26-2/h3-9H,10H2,1-2H3,(H,21,24). The van der Waals surface area contributed by atoms with Gasteiger partial charge < -0.3 is 15.0 Å². The molecule has 6 nitrogen and oxygen atoms in total. The maximum atomic E-state index is 12.3. The highest BCUT2D eigenvalue weighted by molar-refractivity contribution is 6.42. The summed E-state index contributed by atoms with van der Waals surface area (Å²) in [6, 6.07) is 10.9. The lowest BCUT2D eigenvalue weighted by Crippen LogP contribution is -2.36. The van der Waals surface area contributed by atoms with Gasteiger partial charge in [-0.2, -0.15) is 0 Å². The number of hydrogen-bond donors (Lipinski definition) is 1. The summed E-state index contributed by atoms with van der Waals surface area (Å²) in [5, 5.41) is 3.31. The van der Waals surface area contributed by atoms with E-state index in [4.69, 9.17) is 23.2 Å². The van der Waals surface area contributed by atoms with Crippen LogP contribution in [0.15, 0.2) is 42.5 Å². The molecule has 0 saturated heterocycles. The van der Waals surface area contributed by atoms with Crippen molar-refractivity contribution >= 4 is 52.4 Å². The number of carbonyl (C=O) groups excluding carboxylic acids is 3. The largest absolute Gasteiger partial charge is 0.465 e. The third-order valence-electron chi connectivity index (χ3n) is 3.49. The predicted molar refractivity (Wildman–Crippen MR) is 101 cm³/mol. The van der Waals surface area contributed by atoms with Gasteiger partial charge >= 0.3 is 5.97 Å². The molecule has 0 bridgehead atoms. The van der Waals surface area contributed by atoms with E-state index in [1.54, 1.807) is 24.3 Å². The fourth-order valence-corrected chi connectivity index (χ4v) is 2.48. The lowest BCUT2D eigenvalue weighted by Gasteiger charge is -2.21. The maximum Gasteiger partial charge on any atom is 0.337 e. The molecule has 26 heavy (non-hydrogen) atoms. The molecule has 0 unspecified atom stereocenters. The number of anilines is 2. The molecule has 0 aliphatic heterocycles. The van der Waals surface area contributed by atoms with Gasteiger partial charge in [-0.05, 0) is 42.5 Å². The summed E-state index contributed by atoms with van der Waals surface area (Å²) in [5.74, 6) is -1.19. The van der Waals surface area contributed by atoms with Crippen LogP contribution in [0.5, 0.6) is 0 Å². The second-order valence-electron chi connectivity index (χ2n) is 5.32. The van der Waals surface area contributed by atoms with Crippen LogP contribution in [0.1, 0.15) is 17.3 Å². The van der Waals surface area contributed by atoms with E-state index in [9.17, 15) is 14.4 Å². The van der Waals surface area contributed by atoms with E-state index in [0.29, 0.717) is 22.0 Å². The summed E-state index contributed by atoms with van der Waals surface area (Å²) in [6.45, 7) is 1.15. The number of benzene rings is 2. The molecule has 0 heterocycles. The SMILES string of the molecule is COC(=O)c1ccc(NC(=O)CN(C(C)=O)c2ccc(Cl)c(Cl)c2)cc1. The van der Waals surface area contributed by atoms with Gasteiger partial charge in [0.05, 0.1) is 22.7 Å². The Labute approximate surface area is 160 Å². The molecule has 0 fully saturated rings. The van der Waals surface area contributed by atoms with Crippen LogP contribution in [0, 0.1) is 0 Å². The van der Waals surface area contributed by atoms with Crippen LogP contribution in [0.3, 0.4) is 0 Å². The highest BCUT2D eigenvalue weighted by Crippen LogP contribution is 2.27. The molecule has 136 valence electrons. The zero-order valence-corrected chi connectivity index (χ0v) is 15.6. The van der Waals surface area contributed by atoms with Gasteiger partial charge in [-0.25, -0.2) is 4.79 Å². The molecule has 8 heteroatoms. The van der Waals surface area contributed by atoms with Crippen LogP contribution >= 0.6 is 23.2 Å². The highest BCUT2D eigenvalue weighted by Gasteiger charge is 2.17. The van der Waals surface area contributed by atoms with Crippen LogP contribution in [0.25, 0.3) is 0 Å². The van der Waals surface area contributed by atoms with Gasteiger partial charge in [0.1, 0.15) is 6.54 Å². The number of rotatable bonds is 5. The minimum atomic E-state index is -0.467. The van der Waals surface area contributed by atoms with E-state index in [-0.39, 0.29) is 17.5 Å². The fraction of sp³-hybridized carbons (Fsp3) is 0.167. The first-order valence-corrected chi connectivity index (χ1v) is 8.29. The zero-order chi connectivity index (χ0) is 19.3. The van der Waals surface area contributed by atoms with E-state index in [0.717, 1.165) is 0 Å². The minimum absolute atomic E-state index is 0.202. The number of carbonyl (C=O) groups is 3. The van der Waals surface area contributed by atoms with E-state index in [2.05, 4.69) is 10.1 Å². The Balaban J connectivity index is 2.09. The van der Waals surface area contributed by atoms with Crippen molar-refractivity contribution in [3.63, 3.8) is 0 Å². The average Bonchev–Trinajstić information content (AvgIpc) is 2.62. The van der Waals surface area contributed by atoms with Gasteiger partial charge in [0, 0.05) is 18.3 Å². The molecule has 0 radical (unpaired) electrons. The number of ether oxygens (including phenoxy) is 1. The van der Waals surface area contributed by atoms with Crippen molar-refractivity contribution in [1.29, 1.82) is 0 Å². The molecule has 2 amide bonds. The second-order valence-corrected chi connectivity index (χ2v) is 6.14. The molecule has 2 rings (SSSR count). The monoisotopic (exact) mass is 394 g/mol. The number of hydrogen-bond acceptors (Lipinski definition) is 4. The van der Waals surface area contributed by atoms with Gasteiger partial charge in [-0.3, -0.25) is 9.59 Å². The van der Waals surface area contributed by atoms with E-state index >= 15 is 0 Å². The third kappa shape index (κ3) is 4.97. The van der Waals surface area contributed by atoms with Gasteiger partial charge in [0.25, 0.3) is 0 Å². The Bertz CT molecular complexity index is 838. The molecule has 0 spiro atoms. The van der Waals surface area contributed by atoms with Gasteiger partial charge in [-0.1, -0.05) is 23.2 Å². The predicted octanol–water partition coefficient (Wildman–Crippen LogP) is 3.77. The van der Waals surface area contributed by atoms with Crippen LogP contribution in [-0.4, -0.2) is 31.4 Å². The van der Waals surface area contributed by atoms with Crippen LogP contribution in [0.2, 0.25) is 10.0 Å². The average molecular weight is 395 g/mol. The Kier molecular flexibility index (Phi) is 6.60. The van der Waals surface area contributed by atoms with Gasteiger partial charge in [0.2, 0.25) is 11.8 Å². The molecular weight excluding hydrogens is 379 g/mol. The fourth-order valence-electron chi connectivity index (χ4n) is 2.19. The Morgan fingerprint density at radius 1 is 1.04 bits per heavy atom.